The molecule has 1 heterocycles. The predicted octanol–water partition coefficient (Wildman–Crippen LogP) is 3.21. The van der Waals surface area contributed by atoms with Crippen molar-refractivity contribution in [1.29, 1.82) is 0 Å². The minimum absolute atomic E-state index is 0.163. The third-order valence-electron chi connectivity index (χ3n) is 4.67. The van der Waals surface area contributed by atoms with Crippen LogP contribution in [-0.4, -0.2) is 31.4 Å². The second-order valence-electron chi connectivity index (χ2n) is 6.73. The van der Waals surface area contributed by atoms with Crippen LogP contribution in [0.2, 0.25) is 0 Å². The van der Waals surface area contributed by atoms with E-state index < -0.39 is 10.0 Å². The maximum absolute atomic E-state index is 12.5. The summed E-state index contributed by atoms with van der Waals surface area (Å²) in [7, 11) is -3.21. The van der Waals surface area contributed by atoms with Crippen LogP contribution in [0.3, 0.4) is 0 Å². The summed E-state index contributed by atoms with van der Waals surface area (Å²) in [4.78, 5) is 12.5. The second kappa shape index (κ2) is 7.60. The number of carbonyl (C=O) groups is 1. The Morgan fingerprint density at radius 3 is 2.50 bits per heavy atom. The maximum atomic E-state index is 12.5. The van der Waals surface area contributed by atoms with Crippen LogP contribution >= 0.6 is 0 Å². The zero-order chi connectivity index (χ0) is 18.7. The Morgan fingerprint density at radius 1 is 1.12 bits per heavy atom. The number of fused-ring (bicyclic) bond motifs is 1. The molecule has 0 fully saturated rings. The van der Waals surface area contributed by atoms with Gasteiger partial charge in [-0.05, 0) is 53.8 Å². The number of carbonyl (C=O) groups excluding carboxylic acids is 1. The van der Waals surface area contributed by atoms with Crippen LogP contribution in [0.15, 0.2) is 42.5 Å². The van der Waals surface area contributed by atoms with E-state index in [1.807, 2.05) is 42.5 Å². The first kappa shape index (κ1) is 18.6. The summed E-state index contributed by atoms with van der Waals surface area (Å²) in [6, 6.07) is 13.3. The molecule has 2 aromatic rings. The number of nitrogens with zero attached hydrogens (tertiary/aromatic N) is 1. The molecule has 1 N–H and O–H groups in total. The van der Waals surface area contributed by atoms with Crippen molar-refractivity contribution in [1.82, 2.24) is 4.31 Å². The maximum Gasteiger partial charge on any atom is 0.255 e. The van der Waals surface area contributed by atoms with Gasteiger partial charge in [-0.3, -0.25) is 4.79 Å². The summed E-state index contributed by atoms with van der Waals surface area (Å²) in [6.07, 6.45) is 4.00. The molecule has 3 rings (SSSR count). The normalized spacial score (nSPS) is 14.7. The molecule has 1 aliphatic heterocycles. The van der Waals surface area contributed by atoms with Gasteiger partial charge in [0.2, 0.25) is 10.0 Å². The standard InChI is InChI=1S/C20H24N2O3S/c1-3-4-15-5-7-17(8-6-15)20(23)21-19-10-9-16-11-12-22(26(2,24)25)14-18(16)13-19/h5-10,13H,3-4,11-12,14H2,1-2H3,(H,21,23). The average Bonchev–Trinajstić information content (AvgIpc) is 2.61. The van der Waals surface area contributed by atoms with E-state index in [1.54, 1.807) is 0 Å². The summed E-state index contributed by atoms with van der Waals surface area (Å²) < 4.78 is 25.0. The number of nitrogens with one attached hydrogen (secondary N) is 1. The third kappa shape index (κ3) is 4.31. The lowest BCUT2D eigenvalue weighted by molar-refractivity contribution is 0.102. The third-order valence-corrected chi connectivity index (χ3v) is 5.91. The van der Waals surface area contributed by atoms with Crippen molar-refractivity contribution < 1.29 is 13.2 Å². The van der Waals surface area contributed by atoms with Crippen molar-refractivity contribution in [2.45, 2.75) is 32.7 Å². The Morgan fingerprint density at radius 2 is 1.85 bits per heavy atom. The number of sulfonamides is 1. The molecule has 0 saturated carbocycles. The molecule has 2 aromatic carbocycles. The quantitative estimate of drug-likeness (QED) is 0.876. The zero-order valence-corrected chi connectivity index (χ0v) is 16.0. The highest BCUT2D eigenvalue weighted by Crippen LogP contribution is 2.24. The molecule has 1 aliphatic rings. The van der Waals surface area contributed by atoms with Gasteiger partial charge in [-0.25, -0.2) is 8.42 Å². The van der Waals surface area contributed by atoms with Crippen molar-refractivity contribution in [2.75, 3.05) is 18.1 Å². The van der Waals surface area contributed by atoms with Crippen LogP contribution in [0.5, 0.6) is 0 Å². The fourth-order valence-corrected chi connectivity index (χ4v) is 4.00. The predicted molar refractivity (Wildman–Crippen MR) is 104 cm³/mol. The first-order valence-corrected chi connectivity index (χ1v) is 10.7. The molecule has 0 saturated heterocycles. The number of rotatable bonds is 5. The molecule has 0 unspecified atom stereocenters. The van der Waals surface area contributed by atoms with Gasteiger partial charge in [0.05, 0.1) is 6.26 Å². The zero-order valence-electron chi connectivity index (χ0n) is 15.2. The summed E-state index contributed by atoms with van der Waals surface area (Å²) in [5.74, 6) is -0.163. The average molecular weight is 372 g/mol. The van der Waals surface area contributed by atoms with Gasteiger partial charge in [-0.1, -0.05) is 31.5 Å². The van der Waals surface area contributed by atoms with E-state index in [9.17, 15) is 13.2 Å². The minimum Gasteiger partial charge on any atom is -0.322 e. The van der Waals surface area contributed by atoms with E-state index in [0.29, 0.717) is 30.8 Å². The van der Waals surface area contributed by atoms with Gasteiger partial charge in [-0.15, -0.1) is 0 Å². The smallest absolute Gasteiger partial charge is 0.255 e. The molecule has 0 aliphatic carbocycles. The van der Waals surface area contributed by atoms with Gasteiger partial charge in [-0.2, -0.15) is 4.31 Å². The van der Waals surface area contributed by atoms with Crippen LogP contribution in [0.4, 0.5) is 5.69 Å². The van der Waals surface area contributed by atoms with E-state index >= 15 is 0 Å². The lowest BCUT2D eigenvalue weighted by atomic mass is 10.0. The van der Waals surface area contributed by atoms with Crippen molar-refractivity contribution in [2.24, 2.45) is 0 Å². The van der Waals surface area contributed by atoms with E-state index in [2.05, 4.69) is 12.2 Å². The lowest BCUT2D eigenvalue weighted by Gasteiger charge is -2.27. The molecule has 1 amide bonds. The Bertz CT molecular complexity index is 905. The van der Waals surface area contributed by atoms with E-state index in [0.717, 1.165) is 24.0 Å². The van der Waals surface area contributed by atoms with Crippen molar-refractivity contribution in [3.63, 3.8) is 0 Å². The number of hydrogen-bond donors (Lipinski definition) is 1. The molecular weight excluding hydrogens is 348 g/mol. The summed E-state index contributed by atoms with van der Waals surface area (Å²) in [5.41, 5.74) is 4.59. The fourth-order valence-electron chi connectivity index (χ4n) is 3.21. The highest BCUT2D eigenvalue weighted by Gasteiger charge is 2.23. The van der Waals surface area contributed by atoms with Crippen molar-refractivity contribution in [3.8, 4) is 0 Å². The monoisotopic (exact) mass is 372 g/mol. The SMILES string of the molecule is CCCc1ccc(C(=O)Nc2ccc3c(c2)CN(S(C)(=O)=O)CC3)cc1. The summed E-state index contributed by atoms with van der Waals surface area (Å²) >= 11 is 0. The number of aryl methyl sites for hydroxylation is 1. The van der Waals surface area contributed by atoms with Gasteiger partial charge >= 0.3 is 0 Å². The van der Waals surface area contributed by atoms with Crippen LogP contribution in [0.25, 0.3) is 0 Å². The molecule has 0 aromatic heterocycles. The topological polar surface area (TPSA) is 66.5 Å². The lowest BCUT2D eigenvalue weighted by Crippen LogP contribution is -2.35. The molecule has 5 nitrogen and oxygen atoms in total. The second-order valence-corrected chi connectivity index (χ2v) is 8.71. The number of hydrogen-bond acceptors (Lipinski definition) is 3. The number of anilines is 1. The Labute approximate surface area is 155 Å². The Kier molecular flexibility index (Phi) is 5.44. The number of amides is 1. The van der Waals surface area contributed by atoms with Gasteiger partial charge < -0.3 is 5.32 Å². The summed E-state index contributed by atoms with van der Waals surface area (Å²) in [6.45, 7) is 2.98. The van der Waals surface area contributed by atoms with Gasteiger partial charge in [0.1, 0.15) is 0 Å². The van der Waals surface area contributed by atoms with Crippen LogP contribution in [0.1, 0.15) is 40.4 Å². The fraction of sp³-hybridized carbons (Fsp3) is 0.350. The van der Waals surface area contributed by atoms with Crippen molar-refractivity contribution in [3.05, 3.63) is 64.7 Å². The van der Waals surface area contributed by atoms with E-state index in [1.165, 1.54) is 16.1 Å². The minimum atomic E-state index is -3.21. The molecule has 0 atom stereocenters. The molecule has 0 spiro atoms. The molecule has 6 heteroatoms. The van der Waals surface area contributed by atoms with E-state index in [-0.39, 0.29) is 5.91 Å². The molecule has 26 heavy (non-hydrogen) atoms. The van der Waals surface area contributed by atoms with Crippen molar-refractivity contribution >= 4 is 21.6 Å². The molecular formula is C20H24N2O3S. The van der Waals surface area contributed by atoms with Gasteiger partial charge in [0.25, 0.3) is 5.91 Å². The van der Waals surface area contributed by atoms with Crippen LogP contribution < -0.4 is 5.32 Å². The first-order valence-electron chi connectivity index (χ1n) is 8.84. The Balaban J connectivity index is 1.73. The molecule has 0 radical (unpaired) electrons. The highest BCUT2D eigenvalue weighted by molar-refractivity contribution is 7.88. The van der Waals surface area contributed by atoms with E-state index in [4.69, 9.17) is 0 Å². The Hall–Kier alpha value is -2.18. The summed E-state index contributed by atoms with van der Waals surface area (Å²) in [5, 5.41) is 2.91. The van der Waals surface area contributed by atoms with Crippen LogP contribution in [0, 0.1) is 0 Å². The van der Waals surface area contributed by atoms with Gasteiger partial charge in [0, 0.05) is 24.3 Å². The molecule has 0 bridgehead atoms. The van der Waals surface area contributed by atoms with Gasteiger partial charge in [0.15, 0.2) is 0 Å². The first-order chi connectivity index (χ1) is 12.4. The highest BCUT2D eigenvalue weighted by atomic mass is 32.2. The number of benzene rings is 2. The largest absolute Gasteiger partial charge is 0.322 e. The van der Waals surface area contributed by atoms with Crippen LogP contribution in [-0.2, 0) is 29.4 Å². The molecule has 138 valence electrons.